The van der Waals surface area contributed by atoms with E-state index in [1.165, 1.54) is 18.2 Å². The van der Waals surface area contributed by atoms with Crippen molar-refractivity contribution in [3.8, 4) is 5.88 Å². The third kappa shape index (κ3) is 5.27. The van der Waals surface area contributed by atoms with Gasteiger partial charge in [0.1, 0.15) is 10.0 Å². The van der Waals surface area contributed by atoms with Crippen LogP contribution < -0.4 is 10.2 Å². The van der Waals surface area contributed by atoms with Crippen molar-refractivity contribution in [2.45, 2.75) is 12.2 Å². The zero-order valence-corrected chi connectivity index (χ0v) is 21.3. The second kappa shape index (κ2) is 10.1. The molecule has 3 heterocycles. The second-order valence-corrected chi connectivity index (χ2v) is 10.3. The van der Waals surface area contributed by atoms with Gasteiger partial charge in [-0.05, 0) is 41.5 Å². The minimum atomic E-state index is -4.65. The van der Waals surface area contributed by atoms with Crippen molar-refractivity contribution in [1.82, 2.24) is 20.5 Å². The number of alkyl halides is 3. The number of aromatic nitrogens is 3. The highest BCUT2D eigenvalue weighted by Crippen LogP contribution is 2.43. The number of aromatic hydroxyl groups is 1. The number of aliphatic hydroxyl groups is 1. The fourth-order valence-corrected chi connectivity index (χ4v) is 5.61. The predicted octanol–water partition coefficient (Wildman–Crippen LogP) is 5.41. The van der Waals surface area contributed by atoms with Crippen LogP contribution in [0, 0.1) is 0 Å². The SMILES string of the molecule is OC[C@H]1CN(c2nc(O)c(C(=Cc3ccc(Cl)cc3C(F)(F)F)c3ccc4n[nH]c(Cl)c4c3)s2)CCN1. The lowest BCUT2D eigenvalue weighted by Gasteiger charge is -2.32. The summed E-state index contributed by atoms with van der Waals surface area (Å²) in [5.41, 5.74) is 0.389. The lowest BCUT2D eigenvalue weighted by molar-refractivity contribution is -0.137. The normalized spacial score (nSPS) is 17.1. The summed E-state index contributed by atoms with van der Waals surface area (Å²) in [5.74, 6) is -0.314. The highest BCUT2D eigenvalue weighted by atomic mass is 35.5. The van der Waals surface area contributed by atoms with E-state index in [-0.39, 0.29) is 39.1 Å². The first-order chi connectivity index (χ1) is 17.6. The largest absolute Gasteiger partial charge is 0.492 e. The van der Waals surface area contributed by atoms with Crippen LogP contribution in [0.15, 0.2) is 36.4 Å². The maximum atomic E-state index is 13.9. The number of benzene rings is 2. The molecule has 1 aliphatic heterocycles. The smallest absolute Gasteiger partial charge is 0.417 e. The van der Waals surface area contributed by atoms with Gasteiger partial charge in [-0.25, -0.2) is 0 Å². The molecule has 5 rings (SSSR count). The molecule has 4 aromatic rings. The molecule has 1 aliphatic rings. The number of nitrogens with one attached hydrogen (secondary N) is 2. The Morgan fingerprint density at radius 2 is 2.03 bits per heavy atom. The fraction of sp³-hybridized carbons (Fsp3) is 0.250. The minimum Gasteiger partial charge on any atom is -0.492 e. The summed E-state index contributed by atoms with van der Waals surface area (Å²) in [4.78, 5) is 6.52. The number of hydrogen-bond acceptors (Lipinski definition) is 7. The van der Waals surface area contributed by atoms with E-state index >= 15 is 0 Å². The van der Waals surface area contributed by atoms with Crippen LogP contribution in [-0.4, -0.2) is 57.7 Å². The fourth-order valence-electron chi connectivity index (χ4n) is 4.22. The molecular weight excluding hydrogens is 550 g/mol. The van der Waals surface area contributed by atoms with E-state index in [4.69, 9.17) is 23.2 Å². The van der Waals surface area contributed by atoms with Crippen LogP contribution in [-0.2, 0) is 6.18 Å². The van der Waals surface area contributed by atoms with Crippen LogP contribution in [0.25, 0.3) is 22.6 Å². The highest BCUT2D eigenvalue weighted by molar-refractivity contribution is 7.17. The molecule has 0 spiro atoms. The van der Waals surface area contributed by atoms with E-state index in [0.717, 1.165) is 17.4 Å². The van der Waals surface area contributed by atoms with Crippen molar-refractivity contribution in [2.75, 3.05) is 31.1 Å². The summed E-state index contributed by atoms with van der Waals surface area (Å²) < 4.78 is 41.7. The van der Waals surface area contributed by atoms with E-state index in [9.17, 15) is 23.4 Å². The number of H-pyrrole nitrogens is 1. The van der Waals surface area contributed by atoms with Crippen molar-refractivity contribution < 1.29 is 23.4 Å². The van der Waals surface area contributed by atoms with Crippen molar-refractivity contribution in [3.63, 3.8) is 0 Å². The number of aromatic amines is 1. The number of anilines is 1. The number of halogens is 5. The van der Waals surface area contributed by atoms with E-state index in [0.29, 0.717) is 46.8 Å². The molecule has 0 amide bonds. The van der Waals surface area contributed by atoms with Gasteiger partial charge >= 0.3 is 6.18 Å². The molecule has 2 aromatic heterocycles. The Morgan fingerprint density at radius 1 is 1.22 bits per heavy atom. The predicted molar refractivity (Wildman–Crippen MR) is 139 cm³/mol. The summed E-state index contributed by atoms with van der Waals surface area (Å²) in [5, 5.41) is 31.7. The van der Waals surface area contributed by atoms with Crippen LogP contribution in [0.1, 0.15) is 21.6 Å². The first-order valence-corrected chi connectivity index (χ1v) is 12.7. The third-order valence-corrected chi connectivity index (χ3v) is 7.69. The van der Waals surface area contributed by atoms with Gasteiger partial charge < -0.3 is 20.4 Å². The molecule has 13 heteroatoms. The quantitative estimate of drug-likeness (QED) is 0.240. The number of aliphatic hydroxyl groups excluding tert-OH is 1. The molecular formula is C24H20Cl2F3N5O2S. The maximum absolute atomic E-state index is 13.9. The highest BCUT2D eigenvalue weighted by Gasteiger charge is 2.33. The Morgan fingerprint density at radius 3 is 2.78 bits per heavy atom. The Kier molecular flexibility index (Phi) is 7.08. The van der Waals surface area contributed by atoms with Crippen LogP contribution in [0.3, 0.4) is 0 Å². The number of rotatable bonds is 5. The third-order valence-electron chi connectivity index (χ3n) is 6.03. The van der Waals surface area contributed by atoms with Crippen LogP contribution in [0.4, 0.5) is 18.3 Å². The standard InChI is InChI=1S/C24H20Cl2F3N5O2S/c25-14-3-1-13(18(9-14)24(27,28)29)8-16(12-2-4-19-17(7-12)21(26)33-32-19)20-22(36)31-23(37-20)34-6-5-30-15(10-34)11-35/h1-4,7-9,15,30,35-36H,5-6,10-11H2,(H,32,33)/t15-/m1/s1. The van der Waals surface area contributed by atoms with Crippen molar-refractivity contribution in [3.05, 3.63) is 68.1 Å². The maximum Gasteiger partial charge on any atom is 0.417 e. The molecule has 0 radical (unpaired) electrons. The molecule has 0 bridgehead atoms. The first kappa shape index (κ1) is 25.8. The summed E-state index contributed by atoms with van der Waals surface area (Å²) in [7, 11) is 0. The number of thiazole rings is 1. The van der Waals surface area contributed by atoms with E-state index in [2.05, 4.69) is 20.5 Å². The molecule has 0 saturated carbocycles. The Hall–Kier alpha value is -2.83. The summed E-state index contributed by atoms with van der Waals surface area (Å²) in [6.45, 7) is 1.61. The number of hydrogen-bond donors (Lipinski definition) is 4. The van der Waals surface area contributed by atoms with Gasteiger partial charge in [-0.2, -0.15) is 23.3 Å². The Labute approximate surface area is 223 Å². The summed E-state index contributed by atoms with van der Waals surface area (Å²) >= 11 is 13.3. The van der Waals surface area contributed by atoms with Gasteiger partial charge in [0.25, 0.3) is 0 Å². The van der Waals surface area contributed by atoms with Gasteiger partial charge in [-0.15, -0.1) is 0 Å². The summed E-state index contributed by atoms with van der Waals surface area (Å²) in [6.07, 6.45) is -3.29. The molecule has 1 fully saturated rings. The zero-order chi connectivity index (χ0) is 26.3. The summed E-state index contributed by atoms with van der Waals surface area (Å²) in [6, 6.07) is 8.46. The van der Waals surface area contributed by atoms with E-state index in [1.807, 2.05) is 4.90 Å². The lowest BCUT2D eigenvalue weighted by atomic mass is 9.97. The average Bonchev–Trinajstić information content (AvgIpc) is 3.45. The zero-order valence-electron chi connectivity index (χ0n) is 19.0. The van der Waals surface area contributed by atoms with Gasteiger partial charge in [-0.1, -0.05) is 46.7 Å². The first-order valence-electron chi connectivity index (χ1n) is 11.2. The van der Waals surface area contributed by atoms with Gasteiger partial charge in [0.15, 0.2) is 5.13 Å². The Bertz CT molecular complexity index is 1490. The minimum absolute atomic E-state index is 0.0438. The second-order valence-electron chi connectivity index (χ2n) is 8.49. The molecule has 4 N–H and O–H groups in total. The lowest BCUT2D eigenvalue weighted by Crippen LogP contribution is -2.52. The monoisotopic (exact) mass is 569 g/mol. The number of fused-ring (bicyclic) bond motifs is 1. The van der Waals surface area contributed by atoms with Gasteiger partial charge in [0, 0.05) is 41.7 Å². The van der Waals surface area contributed by atoms with Crippen LogP contribution >= 0.6 is 34.5 Å². The molecule has 37 heavy (non-hydrogen) atoms. The van der Waals surface area contributed by atoms with Crippen molar-refractivity contribution in [1.29, 1.82) is 0 Å². The van der Waals surface area contributed by atoms with Gasteiger partial charge in [0.2, 0.25) is 5.88 Å². The van der Waals surface area contributed by atoms with Gasteiger partial charge in [-0.3, -0.25) is 5.10 Å². The van der Waals surface area contributed by atoms with E-state index < -0.39 is 11.7 Å². The van der Waals surface area contributed by atoms with Gasteiger partial charge in [0.05, 0.1) is 17.7 Å². The molecule has 1 saturated heterocycles. The van der Waals surface area contributed by atoms with Crippen LogP contribution in [0.2, 0.25) is 10.2 Å². The van der Waals surface area contributed by atoms with Crippen molar-refractivity contribution >= 4 is 62.2 Å². The number of piperazine rings is 1. The number of nitrogens with zero attached hydrogens (tertiary/aromatic N) is 3. The molecule has 0 aliphatic carbocycles. The van der Waals surface area contributed by atoms with E-state index in [1.54, 1.807) is 18.2 Å². The Balaban J connectivity index is 1.68. The molecule has 194 valence electrons. The van der Waals surface area contributed by atoms with Crippen molar-refractivity contribution in [2.24, 2.45) is 0 Å². The molecule has 7 nitrogen and oxygen atoms in total. The molecule has 2 aromatic carbocycles. The molecule has 0 unspecified atom stereocenters. The molecule has 1 atom stereocenters. The average molecular weight is 570 g/mol. The topological polar surface area (TPSA) is 97.3 Å². The van der Waals surface area contributed by atoms with Crippen LogP contribution in [0.5, 0.6) is 5.88 Å².